The molecule has 0 fully saturated rings. The molecule has 0 heterocycles. The van der Waals surface area contributed by atoms with E-state index in [1.165, 1.54) is 0 Å². The van der Waals surface area contributed by atoms with Crippen LogP contribution in [0.25, 0.3) is 0 Å². The normalized spacial score (nSPS) is 19.3. The van der Waals surface area contributed by atoms with E-state index in [0.717, 1.165) is 0 Å². The summed E-state index contributed by atoms with van der Waals surface area (Å²) in [7, 11) is 1.57. The highest BCUT2D eigenvalue weighted by Crippen LogP contribution is 2.04. The van der Waals surface area contributed by atoms with Crippen molar-refractivity contribution in [2.24, 2.45) is 0 Å². The van der Waals surface area contributed by atoms with Gasteiger partial charge in [-0.3, -0.25) is 4.70 Å². The molecule has 0 aliphatic rings. The Hall–Kier alpha value is -0.310. The lowest BCUT2D eigenvalue weighted by Gasteiger charge is -2.25. The lowest BCUT2D eigenvalue weighted by atomic mass is 10.0. The van der Waals surface area contributed by atoms with Crippen molar-refractivity contribution < 1.29 is 30.2 Å². The molecule has 0 amide bonds. The number of halogens is 1. The van der Waals surface area contributed by atoms with Crippen LogP contribution in [0.5, 0.6) is 0 Å². The smallest absolute Gasteiger partial charge is 0.111 e. The summed E-state index contributed by atoms with van der Waals surface area (Å²) in [4.78, 5) is 0. The molecule has 4 atom stereocenters. The average molecular weight is 215 g/mol. The van der Waals surface area contributed by atoms with Gasteiger partial charge in [-0.05, 0) is 7.05 Å². The van der Waals surface area contributed by atoms with Gasteiger partial charge in [-0.1, -0.05) is 0 Å². The van der Waals surface area contributed by atoms with Crippen LogP contribution in [0.4, 0.5) is 4.70 Å². The fourth-order valence-corrected chi connectivity index (χ4v) is 0.893. The van der Waals surface area contributed by atoms with Gasteiger partial charge < -0.3 is 30.8 Å². The zero-order chi connectivity index (χ0) is 10.4. The molecular weight excluding hydrogens is 197 g/mol. The molecular formula is C7H18FNO5. The summed E-state index contributed by atoms with van der Waals surface area (Å²) >= 11 is 0. The van der Waals surface area contributed by atoms with Crippen molar-refractivity contribution in [1.82, 2.24) is 5.32 Å². The predicted molar refractivity (Wildman–Crippen MR) is 47.5 cm³/mol. The van der Waals surface area contributed by atoms with Gasteiger partial charge in [-0.2, -0.15) is 0 Å². The van der Waals surface area contributed by atoms with E-state index >= 15 is 0 Å². The van der Waals surface area contributed by atoms with Gasteiger partial charge in [0.2, 0.25) is 0 Å². The van der Waals surface area contributed by atoms with E-state index in [1.807, 2.05) is 0 Å². The molecule has 0 saturated heterocycles. The highest BCUT2D eigenvalue weighted by Gasteiger charge is 2.29. The zero-order valence-corrected chi connectivity index (χ0v) is 7.87. The molecule has 6 N–H and O–H groups in total. The molecule has 6 nitrogen and oxygen atoms in total. The highest BCUT2D eigenvalue weighted by atomic mass is 19.0. The van der Waals surface area contributed by atoms with Gasteiger partial charge in [-0.15, -0.1) is 0 Å². The Bertz CT molecular complexity index is 139. The summed E-state index contributed by atoms with van der Waals surface area (Å²) in [5.74, 6) is 0. The van der Waals surface area contributed by atoms with E-state index < -0.39 is 31.0 Å². The second kappa shape index (κ2) is 8.04. The maximum Gasteiger partial charge on any atom is 0.111 e. The standard InChI is InChI=1S/C7H17NO5.FH/c1-8-2-4(10)6(12)7(13)5(11)3-9;/h4-13H,2-3H2,1H3;1H. The Kier molecular flexibility index (Phi) is 9.26. The van der Waals surface area contributed by atoms with Crippen molar-refractivity contribution in [2.45, 2.75) is 24.4 Å². The van der Waals surface area contributed by atoms with Crippen LogP contribution >= 0.6 is 0 Å². The number of aliphatic hydroxyl groups is 5. The molecule has 0 aliphatic heterocycles. The van der Waals surface area contributed by atoms with Crippen molar-refractivity contribution in [1.29, 1.82) is 0 Å². The molecule has 0 aromatic rings. The maximum absolute atomic E-state index is 9.21. The Morgan fingerprint density at radius 1 is 1.00 bits per heavy atom. The first kappa shape index (κ1) is 16.1. The van der Waals surface area contributed by atoms with Gasteiger partial charge >= 0.3 is 0 Å². The third kappa shape index (κ3) is 4.80. The fraction of sp³-hybridized carbons (Fsp3) is 1.00. The van der Waals surface area contributed by atoms with Gasteiger partial charge in [0.05, 0.1) is 12.7 Å². The molecule has 14 heavy (non-hydrogen) atoms. The third-order valence-electron chi connectivity index (χ3n) is 1.74. The van der Waals surface area contributed by atoms with Gasteiger partial charge in [-0.25, -0.2) is 0 Å². The number of hydrogen-bond donors (Lipinski definition) is 6. The first-order chi connectivity index (χ1) is 6.04. The Morgan fingerprint density at radius 3 is 1.79 bits per heavy atom. The Morgan fingerprint density at radius 2 is 1.43 bits per heavy atom. The first-order valence-corrected chi connectivity index (χ1v) is 4.02. The first-order valence-electron chi connectivity index (χ1n) is 4.02. The molecule has 0 radical (unpaired) electrons. The van der Waals surface area contributed by atoms with Gasteiger partial charge in [0.15, 0.2) is 0 Å². The molecule has 0 saturated carbocycles. The minimum atomic E-state index is -1.55. The average Bonchev–Trinajstić information content (AvgIpc) is 2.14. The minimum absolute atomic E-state index is 0. The monoisotopic (exact) mass is 215 g/mol. The van der Waals surface area contributed by atoms with Crippen LogP contribution in [0.15, 0.2) is 0 Å². The van der Waals surface area contributed by atoms with Crippen LogP contribution in [-0.2, 0) is 0 Å². The lowest BCUT2D eigenvalue weighted by molar-refractivity contribution is -0.113. The second-order valence-corrected chi connectivity index (χ2v) is 2.86. The SMILES string of the molecule is CNCC(O)C(O)C(O)C(O)CO.F. The van der Waals surface area contributed by atoms with Crippen LogP contribution in [0.1, 0.15) is 0 Å². The molecule has 7 heteroatoms. The highest BCUT2D eigenvalue weighted by molar-refractivity contribution is 4.81. The van der Waals surface area contributed by atoms with Gasteiger partial charge in [0, 0.05) is 6.54 Å². The number of aliphatic hydroxyl groups excluding tert-OH is 5. The molecule has 0 spiro atoms. The molecule has 0 aromatic carbocycles. The number of hydrogen-bond acceptors (Lipinski definition) is 6. The van der Waals surface area contributed by atoms with E-state index in [9.17, 15) is 5.11 Å². The molecule has 88 valence electrons. The topological polar surface area (TPSA) is 113 Å². The number of likely N-dealkylation sites (N-methyl/N-ethyl adjacent to an activating group) is 1. The van der Waals surface area contributed by atoms with Crippen molar-refractivity contribution in [3.63, 3.8) is 0 Å². The molecule has 0 aliphatic carbocycles. The van der Waals surface area contributed by atoms with Crippen LogP contribution < -0.4 is 5.32 Å². The van der Waals surface area contributed by atoms with Crippen molar-refractivity contribution in [3.8, 4) is 0 Å². The van der Waals surface area contributed by atoms with E-state index in [2.05, 4.69) is 5.32 Å². The summed E-state index contributed by atoms with van der Waals surface area (Å²) < 4.78 is 0. The second-order valence-electron chi connectivity index (χ2n) is 2.86. The quantitative estimate of drug-likeness (QED) is 0.278. The summed E-state index contributed by atoms with van der Waals surface area (Å²) in [6.07, 6.45) is -5.65. The van der Waals surface area contributed by atoms with E-state index in [-0.39, 0.29) is 11.2 Å². The maximum atomic E-state index is 9.21. The zero-order valence-electron chi connectivity index (χ0n) is 7.87. The van der Waals surface area contributed by atoms with E-state index in [1.54, 1.807) is 7.05 Å². The van der Waals surface area contributed by atoms with Crippen LogP contribution in [-0.4, -0.2) is 70.1 Å². The molecule has 0 rings (SSSR count). The molecule has 0 bridgehead atoms. The lowest BCUT2D eigenvalue weighted by Crippen LogP contribution is -2.48. The van der Waals surface area contributed by atoms with E-state index in [0.29, 0.717) is 0 Å². The van der Waals surface area contributed by atoms with Crippen LogP contribution in [0.3, 0.4) is 0 Å². The number of rotatable bonds is 6. The largest absolute Gasteiger partial charge is 0.394 e. The van der Waals surface area contributed by atoms with Crippen molar-refractivity contribution >= 4 is 0 Å². The van der Waals surface area contributed by atoms with Crippen molar-refractivity contribution in [3.05, 3.63) is 0 Å². The minimum Gasteiger partial charge on any atom is -0.394 e. The molecule has 0 aromatic heterocycles. The summed E-state index contributed by atoms with van der Waals surface area (Å²) in [6, 6.07) is 0. The summed E-state index contributed by atoms with van der Waals surface area (Å²) in [5.41, 5.74) is 0. The van der Waals surface area contributed by atoms with Gasteiger partial charge in [0.1, 0.15) is 18.3 Å². The third-order valence-corrected chi connectivity index (χ3v) is 1.74. The fourth-order valence-electron chi connectivity index (χ4n) is 0.893. The Labute approximate surface area is 81.2 Å². The van der Waals surface area contributed by atoms with Crippen molar-refractivity contribution in [2.75, 3.05) is 20.2 Å². The van der Waals surface area contributed by atoms with Gasteiger partial charge in [0.25, 0.3) is 0 Å². The Balaban J connectivity index is 0. The number of nitrogens with one attached hydrogen (secondary N) is 1. The van der Waals surface area contributed by atoms with Crippen LogP contribution in [0, 0.1) is 0 Å². The van der Waals surface area contributed by atoms with E-state index in [4.69, 9.17) is 20.4 Å². The molecule has 4 unspecified atom stereocenters. The predicted octanol–water partition coefficient (Wildman–Crippen LogP) is -3.21. The van der Waals surface area contributed by atoms with Crippen LogP contribution in [0.2, 0.25) is 0 Å². The summed E-state index contributed by atoms with van der Waals surface area (Å²) in [6.45, 7) is -0.569. The summed E-state index contributed by atoms with van der Waals surface area (Å²) in [5, 5.41) is 47.5.